The van der Waals surface area contributed by atoms with E-state index in [0.29, 0.717) is 24.1 Å². The van der Waals surface area contributed by atoms with E-state index in [1.807, 2.05) is 29.7 Å². The molecule has 1 atom stereocenters. The van der Waals surface area contributed by atoms with Crippen LogP contribution in [0.2, 0.25) is 0 Å². The fraction of sp³-hybridized carbons (Fsp3) is 0.182. The minimum atomic E-state index is -0.529. The summed E-state index contributed by atoms with van der Waals surface area (Å²) in [6, 6.07) is 2.55. The molecule has 3 rings (SSSR count). The summed E-state index contributed by atoms with van der Waals surface area (Å²) in [4.78, 5) is 32.1. The van der Waals surface area contributed by atoms with Crippen LogP contribution in [-0.2, 0) is 4.74 Å². The molecule has 2 aromatic heterocycles. The molecule has 3 amide bonds. The van der Waals surface area contributed by atoms with E-state index in [0.717, 1.165) is 0 Å². The predicted molar refractivity (Wildman–Crippen MR) is 124 cm³/mol. The highest BCUT2D eigenvalue weighted by Gasteiger charge is 2.20. The number of amides is 3. The molecule has 170 valence electrons. The molecule has 11 nitrogen and oxygen atoms in total. The Labute approximate surface area is 190 Å². The van der Waals surface area contributed by atoms with E-state index in [4.69, 9.17) is 21.4 Å². The van der Waals surface area contributed by atoms with Crippen molar-refractivity contribution in [3.63, 3.8) is 0 Å². The minimum Gasteiger partial charge on any atom is -0.425 e. The van der Waals surface area contributed by atoms with Gasteiger partial charge in [-0.25, -0.2) is 15.6 Å². The second kappa shape index (κ2) is 10.8. The van der Waals surface area contributed by atoms with Crippen molar-refractivity contribution < 1.29 is 14.3 Å². The van der Waals surface area contributed by atoms with Crippen LogP contribution in [0, 0.1) is 16.7 Å². The molecule has 1 unspecified atom stereocenters. The number of hydrogen-bond acceptors (Lipinski definition) is 8. The zero-order valence-corrected chi connectivity index (χ0v) is 17.9. The summed E-state index contributed by atoms with van der Waals surface area (Å²) in [6.45, 7) is 2.21. The third kappa shape index (κ3) is 5.86. The number of carbonyl (C=O) groups is 2. The monoisotopic (exact) mass is 448 g/mol. The molecule has 0 fully saturated rings. The molecular weight excluding hydrogens is 424 g/mol. The van der Waals surface area contributed by atoms with Gasteiger partial charge in [0.05, 0.1) is 11.5 Å². The van der Waals surface area contributed by atoms with E-state index in [1.54, 1.807) is 13.0 Å². The van der Waals surface area contributed by atoms with Gasteiger partial charge in [-0.2, -0.15) is 0 Å². The number of urea groups is 1. The standard InChI is InChI=1S/C22H24N8O3/c1-2-27-22(32)29-18-9-16(20(24)33-19(23)13-6-4-3-5-7-13)17(12-28-18)14-8-15(11-26-10-14)21(31)30-25/h3-6,8-13,23-24H,2,7,25H2,1H3,(H,30,31)(H2,27,28,29,32). The lowest BCUT2D eigenvalue weighted by molar-refractivity contribution is 0.0953. The molecule has 0 spiro atoms. The van der Waals surface area contributed by atoms with Crippen molar-refractivity contribution in [2.24, 2.45) is 11.8 Å². The number of pyridine rings is 2. The van der Waals surface area contributed by atoms with Crippen molar-refractivity contribution in [3.8, 4) is 11.1 Å². The third-order valence-electron chi connectivity index (χ3n) is 4.70. The molecule has 11 heteroatoms. The third-order valence-corrected chi connectivity index (χ3v) is 4.70. The minimum absolute atomic E-state index is 0.0871. The molecule has 0 aromatic carbocycles. The summed E-state index contributed by atoms with van der Waals surface area (Å²) in [5.74, 6) is 4.18. The SMILES string of the molecule is CCNC(=O)Nc1cc(C(=N)OC(=N)C2C=CC=CC2)c(-c2cncc(C(=O)NN)c2)cn1. The molecule has 1 aliphatic rings. The maximum absolute atomic E-state index is 11.9. The number of nitrogens with two attached hydrogens (primary N) is 1. The first-order valence-electron chi connectivity index (χ1n) is 10.1. The van der Waals surface area contributed by atoms with E-state index < -0.39 is 11.9 Å². The van der Waals surface area contributed by atoms with Crippen LogP contribution in [0.15, 0.2) is 55.0 Å². The first kappa shape index (κ1) is 23.3. The highest BCUT2D eigenvalue weighted by atomic mass is 16.5. The Hall–Kier alpha value is -4.38. The van der Waals surface area contributed by atoms with Crippen molar-refractivity contribution in [1.29, 1.82) is 10.8 Å². The van der Waals surface area contributed by atoms with Gasteiger partial charge in [-0.15, -0.1) is 0 Å². The maximum Gasteiger partial charge on any atom is 0.320 e. The first-order chi connectivity index (χ1) is 15.9. The Bertz CT molecular complexity index is 1140. The molecule has 2 heterocycles. The number of rotatable bonds is 6. The van der Waals surface area contributed by atoms with Crippen LogP contribution in [0.5, 0.6) is 0 Å². The van der Waals surface area contributed by atoms with E-state index in [2.05, 4.69) is 20.6 Å². The Kier molecular flexibility index (Phi) is 7.60. The number of allylic oxidation sites excluding steroid dienone is 3. The van der Waals surface area contributed by atoms with E-state index in [-0.39, 0.29) is 34.7 Å². The Morgan fingerprint density at radius 2 is 2.03 bits per heavy atom. The van der Waals surface area contributed by atoms with Gasteiger partial charge < -0.3 is 10.1 Å². The lowest BCUT2D eigenvalue weighted by Gasteiger charge is -2.17. The van der Waals surface area contributed by atoms with Crippen LogP contribution in [0.1, 0.15) is 29.3 Å². The van der Waals surface area contributed by atoms with Gasteiger partial charge in [0.2, 0.25) is 5.90 Å². The summed E-state index contributed by atoms with van der Waals surface area (Å²) in [6.07, 6.45) is 12.3. The van der Waals surface area contributed by atoms with Crippen molar-refractivity contribution in [2.75, 3.05) is 11.9 Å². The molecule has 0 radical (unpaired) electrons. The number of ether oxygens (including phenoxy) is 1. The predicted octanol–water partition coefficient (Wildman–Crippen LogP) is 2.34. The highest BCUT2D eigenvalue weighted by molar-refractivity contribution is 6.06. The topological polar surface area (TPSA) is 179 Å². The highest BCUT2D eigenvalue weighted by Crippen LogP contribution is 2.27. The van der Waals surface area contributed by atoms with Gasteiger partial charge in [0.1, 0.15) is 5.82 Å². The number of carbonyl (C=O) groups excluding carboxylic acids is 2. The molecule has 0 aliphatic heterocycles. The van der Waals surface area contributed by atoms with Crippen molar-refractivity contribution in [1.82, 2.24) is 20.7 Å². The number of hydrogen-bond donors (Lipinski definition) is 6. The first-order valence-corrected chi connectivity index (χ1v) is 10.1. The Morgan fingerprint density at radius 3 is 2.73 bits per heavy atom. The molecule has 2 aromatic rings. The van der Waals surface area contributed by atoms with Crippen molar-refractivity contribution in [2.45, 2.75) is 13.3 Å². The van der Waals surface area contributed by atoms with Crippen LogP contribution in [0.4, 0.5) is 10.6 Å². The summed E-state index contributed by atoms with van der Waals surface area (Å²) < 4.78 is 5.55. The largest absolute Gasteiger partial charge is 0.425 e. The molecular formula is C22H24N8O3. The van der Waals surface area contributed by atoms with Crippen LogP contribution >= 0.6 is 0 Å². The summed E-state index contributed by atoms with van der Waals surface area (Å²) >= 11 is 0. The zero-order valence-electron chi connectivity index (χ0n) is 17.9. The number of nitrogens with zero attached hydrogens (tertiary/aromatic N) is 2. The van der Waals surface area contributed by atoms with Gasteiger partial charge in [-0.3, -0.25) is 31.3 Å². The van der Waals surface area contributed by atoms with Crippen molar-refractivity contribution in [3.05, 3.63) is 66.2 Å². The van der Waals surface area contributed by atoms with Gasteiger partial charge in [0, 0.05) is 41.8 Å². The summed E-state index contributed by atoms with van der Waals surface area (Å²) in [5.41, 5.74) is 3.41. The van der Waals surface area contributed by atoms with E-state index in [9.17, 15) is 9.59 Å². The van der Waals surface area contributed by atoms with Crippen LogP contribution in [0.3, 0.4) is 0 Å². The van der Waals surface area contributed by atoms with Crippen LogP contribution < -0.4 is 21.9 Å². The number of nitrogen functional groups attached to an aromatic ring is 1. The molecule has 0 saturated carbocycles. The molecule has 33 heavy (non-hydrogen) atoms. The fourth-order valence-electron chi connectivity index (χ4n) is 3.07. The molecule has 0 saturated heterocycles. The van der Waals surface area contributed by atoms with Gasteiger partial charge in [0.25, 0.3) is 5.91 Å². The van der Waals surface area contributed by atoms with Crippen LogP contribution in [0.25, 0.3) is 11.1 Å². The molecule has 0 bridgehead atoms. The number of anilines is 1. The quantitative estimate of drug-likeness (QED) is 0.130. The second-order valence-electron chi connectivity index (χ2n) is 6.99. The second-order valence-corrected chi connectivity index (χ2v) is 6.99. The van der Waals surface area contributed by atoms with Crippen LogP contribution in [-0.4, -0.2) is 40.2 Å². The van der Waals surface area contributed by atoms with E-state index in [1.165, 1.54) is 24.7 Å². The lowest BCUT2D eigenvalue weighted by atomic mass is 10.00. The number of nitrogens with one attached hydrogen (secondary N) is 5. The van der Waals surface area contributed by atoms with Gasteiger partial charge in [-0.1, -0.05) is 24.3 Å². The van der Waals surface area contributed by atoms with Gasteiger partial charge in [-0.05, 0) is 25.5 Å². The van der Waals surface area contributed by atoms with Crippen molar-refractivity contribution >= 4 is 29.6 Å². The van der Waals surface area contributed by atoms with Gasteiger partial charge >= 0.3 is 6.03 Å². The Morgan fingerprint density at radius 1 is 1.21 bits per heavy atom. The van der Waals surface area contributed by atoms with E-state index >= 15 is 0 Å². The lowest BCUT2D eigenvalue weighted by Crippen LogP contribution is -2.30. The maximum atomic E-state index is 11.9. The summed E-state index contributed by atoms with van der Waals surface area (Å²) in [5, 5.41) is 22.0. The van der Waals surface area contributed by atoms with Gasteiger partial charge in [0.15, 0.2) is 5.90 Å². The molecule has 7 N–H and O–H groups in total. The Balaban J connectivity index is 1.96. The normalized spacial score (nSPS) is 14.3. The molecule has 1 aliphatic carbocycles. The zero-order chi connectivity index (χ0) is 23.8. The average molecular weight is 448 g/mol. The summed E-state index contributed by atoms with van der Waals surface area (Å²) in [7, 11) is 0. The fourth-order valence-corrected chi connectivity index (χ4v) is 3.07. The number of aromatic nitrogens is 2. The number of hydrazine groups is 1. The average Bonchev–Trinajstić information content (AvgIpc) is 2.84. The smallest absolute Gasteiger partial charge is 0.320 e.